The van der Waals surface area contributed by atoms with E-state index in [0.29, 0.717) is 48.8 Å². The van der Waals surface area contributed by atoms with Crippen molar-refractivity contribution in [3.8, 4) is 17.0 Å². The Morgan fingerprint density at radius 1 is 1.05 bits per heavy atom. The van der Waals surface area contributed by atoms with Crippen molar-refractivity contribution >= 4 is 49.9 Å². The second-order valence-corrected chi connectivity index (χ2v) is 12.8. The summed E-state index contributed by atoms with van der Waals surface area (Å²) in [6, 6.07) is 16.1. The lowest BCUT2D eigenvalue weighted by Gasteiger charge is -2.34. The number of aromatic nitrogens is 1. The van der Waals surface area contributed by atoms with Crippen LogP contribution in [0.1, 0.15) is 22.8 Å². The summed E-state index contributed by atoms with van der Waals surface area (Å²) in [5.74, 6) is -0.0809. The van der Waals surface area contributed by atoms with Crippen molar-refractivity contribution < 1.29 is 22.7 Å². The number of rotatable bonds is 9. The van der Waals surface area contributed by atoms with Gasteiger partial charge in [-0.1, -0.05) is 12.1 Å². The van der Waals surface area contributed by atoms with E-state index in [1.165, 1.54) is 6.26 Å². The van der Waals surface area contributed by atoms with E-state index in [0.717, 1.165) is 27.9 Å². The Labute approximate surface area is 242 Å². The third-order valence-corrected chi connectivity index (χ3v) is 8.17. The molecule has 0 spiro atoms. The van der Waals surface area contributed by atoms with E-state index < -0.39 is 9.84 Å². The van der Waals surface area contributed by atoms with Gasteiger partial charge in [0.25, 0.3) is 5.91 Å². The molecule has 3 aromatic rings. The molecular weight excluding hydrogens is 631 g/mol. The van der Waals surface area contributed by atoms with Gasteiger partial charge < -0.3 is 15.0 Å². The van der Waals surface area contributed by atoms with Gasteiger partial charge in [0.15, 0.2) is 9.84 Å². The van der Waals surface area contributed by atoms with Crippen molar-refractivity contribution in [2.24, 2.45) is 0 Å². The Kier molecular flexibility index (Phi) is 9.57. The molecule has 1 fully saturated rings. The Balaban J connectivity index is 1.47. The lowest BCUT2D eigenvalue weighted by molar-refractivity contribution is -0.130. The fourth-order valence-electron chi connectivity index (χ4n) is 4.33. The zero-order valence-electron chi connectivity index (χ0n) is 21.9. The van der Waals surface area contributed by atoms with E-state index in [4.69, 9.17) is 4.74 Å². The van der Waals surface area contributed by atoms with Gasteiger partial charge in [0.1, 0.15) is 12.4 Å². The van der Waals surface area contributed by atoms with Gasteiger partial charge >= 0.3 is 0 Å². The van der Waals surface area contributed by atoms with Gasteiger partial charge in [-0.3, -0.25) is 19.5 Å². The van der Waals surface area contributed by atoms with E-state index in [9.17, 15) is 18.0 Å². The maximum absolute atomic E-state index is 13.2. The minimum Gasteiger partial charge on any atom is -0.492 e. The number of hydrogen-bond acceptors (Lipinski definition) is 7. The largest absolute Gasteiger partial charge is 0.492 e. The summed E-state index contributed by atoms with van der Waals surface area (Å²) in [7, 11) is -3.31. The third kappa shape index (κ3) is 8.23. The fourth-order valence-corrected chi connectivity index (χ4v) is 5.74. The van der Waals surface area contributed by atoms with Crippen LogP contribution in [0.5, 0.6) is 5.75 Å². The van der Waals surface area contributed by atoms with Crippen LogP contribution in [0.4, 0.5) is 5.69 Å². The third-order valence-electron chi connectivity index (χ3n) is 6.39. The van der Waals surface area contributed by atoms with Gasteiger partial charge in [-0.15, -0.1) is 0 Å². The van der Waals surface area contributed by atoms with Crippen LogP contribution in [0.3, 0.4) is 0 Å². The minimum atomic E-state index is -3.31. The summed E-state index contributed by atoms with van der Waals surface area (Å²) in [6.45, 7) is 5.36. The number of nitrogens with one attached hydrogen (secondary N) is 1. The number of benzene rings is 2. The van der Waals surface area contributed by atoms with E-state index in [2.05, 4.69) is 37.8 Å². The molecule has 39 heavy (non-hydrogen) atoms. The Morgan fingerprint density at radius 3 is 2.49 bits per heavy atom. The fraction of sp³-hybridized carbons (Fsp3) is 0.321. The molecule has 0 atom stereocenters. The summed E-state index contributed by atoms with van der Waals surface area (Å²) >= 11 is 2.24. The molecule has 2 aromatic carbocycles. The molecule has 0 bridgehead atoms. The van der Waals surface area contributed by atoms with Crippen molar-refractivity contribution in [3.63, 3.8) is 0 Å². The van der Waals surface area contributed by atoms with Crippen LogP contribution in [0.2, 0.25) is 0 Å². The molecule has 1 saturated heterocycles. The number of hydrogen-bond donors (Lipinski definition) is 1. The van der Waals surface area contributed by atoms with Crippen LogP contribution < -0.4 is 10.1 Å². The summed E-state index contributed by atoms with van der Waals surface area (Å²) in [5.41, 5.74) is 3.19. The highest BCUT2D eigenvalue weighted by Crippen LogP contribution is 2.28. The van der Waals surface area contributed by atoms with Crippen LogP contribution in [-0.2, 0) is 20.4 Å². The van der Waals surface area contributed by atoms with Crippen LogP contribution in [-0.4, -0.2) is 80.6 Å². The predicted molar refractivity (Wildman–Crippen MR) is 160 cm³/mol. The highest BCUT2D eigenvalue weighted by Gasteiger charge is 2.19. The SMILES string of the molecule is CC(=O)N1CCN(CCOc2cc(C(=O)Nc3ccc(I)c(-c4ccccn4)c3)ccc2CS(C)(=O)=O)CC1. The van der Waals surface area contributed by atoms with Crippen molar-refractivity contribution in [2.45, 2.75) is 12.7 Å². The molecule has 1 N–H and O–H groups in total. The number of pyridine rings is 1. The molecule has 0 unspecified atom stereocenters. The van der Waals surface area contributed by atoms with E-state index in [1.54, 1.807) is 31.3 Å². The molecule has 0 saturated carbocycles. The first-order valence-electron chi connectivity index (χ1n) is 12.5. The van der Waals surface area contributed by atoms with Gasteiger partial charge in [-0.05, 0) is 65.1 Å². The lowest BCUT2D eigenvalue weighted by atomic mass is 10.1. The van der Waals surface area contributed by atoms with Crippen molar-refractivity contribution in [3.05, 3.63) is 75.5 Å². The van der Waals surface area contributed by atoms with E-state index in [1.807, 2.05) is 41.3 Å². The highest BCUT2D eigenvalue weighted by atomic mass is 127. The molecule has 206 valence electrons. The van der Waals surface area contributed by atoms with Gasteiger partial charge in [0.2, 0.25) is 5.91 Å². The Hall–Kier alpha value is -3.03. The van der Waals surface area contributed by atoms with Crippen molar-refractivity contribution in [2.75, 3.05) is 50.9 Å². The number of nitrogens with zero attached hydrogens (tertiary/aromatic N) is 3. The number of piperazine rings is 1. The zero-order valence-corrected chi connectivity index (χ0v) is 24.9. The second kappa shape index (κ2) is 12.9. The molecule has 2 heterocycles. The van der Waals surface area contributed by atoms with Gasteiger partial charge in [0.05, 0.1) is 11.4 Å². The van der Waals surface area contributed by atoms with E-state index in [-0.39, 0.29) is 17.6 Å². The molecule has 1 aliphatic rings. The zero-order chi connectivity index (χ0) is 28.0. The minimum absolute atomic E-state index is 0.0737. The molecule has 2 amide bonds. The first kappa shape index (κ1) is 29.0. The van der Waals surface area contributed by atoms with Gasteiger partial charge in [-0.25, -0.2) is 8.42 Å². The van der Waals surface area contributed by atoms with Crippen molar-refractivity contribution in [1.29, 1.82) is 0 Å². The molecule has 4 rings (SSSR count). The highest BCUT2D eigenvalue weighted by molar-refractivity contribution is 14.1. The van der Waals surface area contributed by atoms with Crippen molar-refractivity contribution in [1.82, 2.24) is 14.8 Å². The first-order chi connectivity index (χ1) is 18.6. The van der Waals surface area contributed by atoms with Gasteiger partial charge in [-0.2, -0.15) is 0 Å². The number of sulfone groups is 1. The summed E-state index contributed by atoms with van der Waals surface area (Å²) in [6.07, 6.45) is 2.89. The molecule has 0 aliphatic carbocycles. The number of amides is 2. The quantitative estimate of drug-likeness (QED) is 0.349. The van der Waals surface area contributed by atoms with Crippen LogP contribution in [0, 0.1) is 3.57 Å². The maximum atomic E-state index is 13.2. The van der Waals surface area contributed by atoms with Crippen LogP contribution in [0.15, 0.2) is 60.8 Å². The smallest absolute Gasteiger partial charge is 0.255 e. The monoisotopic (exact) mass is 662 g/mol. The predicted octanol–water partition coefficient (Wildman–Crippen LogP) is 3.69. The summed E-state index contributed by atoms with van der Waals surface area (Å²) < 4.78 is 31.1. The first-order valence-corrected chi connectivity index (χ1v) is 15.7. The normalized spacial score (nSPS) is 14.2. The molecule has 1 aromatic heterocycles. The molecular formula is C28H31IN4O5S. The maximum Gasteiger partial charge on any atom is 0.255 e. The molecule has 1 aliphatic heterocycles. The molecule has 0 radical (unpaired) electrons. The number of halogens is 1. The van der Waals surface area contributed by atoms with Gasteiger partial charge in [0, 0.05) is 78.0 Å². The number of carbonyl (C=O) groups excluding carboxylic acids is 2. The summed E-state index contributed by atoms with van der Waals surface area (Å²) in [4.78, 5) is 33.1. The average molecular weight is 663 g/mol. The Bertz CT molecular complexity index is 1440. The van der Waals surface area contributed by atoms with Crippen LogP contribution >= 0.6 is 22.6 Å². The number of ether oxygens (including phenoxy) is 1. The topological polar surface area (TPSA) is 109 Å². The molecule has 11 heteroatoms. The number of anilines is 1. The number of carbonyl (C=O) groups is 2. The Morgan fingerprint density at radius 2 is 1.82 bits per heavy atom. The average Bonchev–Trinajstić information content (AvgIpc) is 2.90. The standard InChI is InChI=1S/C28H31IN4O5S/c1-20(34)33-13-11-32(12-14-33)15-16-38-27-17-21(6-7-22(27)19-39(2,36)37)28(35)31-23-8-9-25(29)24(18-23)26-5-3-4-10-30-26/h3-10,17-18H,11-16,19H2,1-2H3,(H,31,35). The molecule has 9 nitrogen and oxygen atoms in total. The second-order valence-electron chi connectivity index (χ2n) is 9.45. The summed E-state index contributed by atoms with van der Waals surface area (Å²) in [5, 5.41) is 2.93. The van der Waals surface area contributed by atoms with E-state index >= 15 is 0 Å². The lowest BCUT2D eigenvalue weighted by Crippen LogP contribution is -2.48. The van der Waals surface area contributed by atoms with Crippen LogP contribution in [0.25, 0.3) is 11.3 Å².